The van der Waals surface area contributed by atoms with E-state index < -0.39 is 0 Å². The maximum Gasteiger partial charge on any atom is 0.119 e. The largest absolute Gasteiger partial charge is 0.494 e. The van der Waals surface area contributed by atoms with Crippen molar-refractivity contribution >= 4 is 0 Å². The zero-order valence-corrected chi connectivity index (χ0v) is 10.1. The lowest BCUT2D eigenvalue weighted by atomic mass is 10.1. The SMILES string of the molecule is CCCNC(CO)c1ccc(OCC)cc1. The van der Waals surface area contributed by atoms with E-state index >= 15 is 0 Å². The van der Waals surface area contributed by atoms with E-state index in [2.05, 4.69) is 12.2 Å². The second kappa shape index (κ2) is 7.25. The van der Waals surface area contributed by atoms with Gasteiger partial charge < -0.3 is 15.2 Å². The Morgan fingerprint density at radius 3 is 2.44 bits per heavy atom. The quantitative estimate of drug-likeness (QED) is 0.744. The highest BCUT2D eigenvalue weighted by Crippen LogP contribution is 2.17. The Kier molecular flexibility index (Phi) is 5.90. The number of benzene rings is 1. The first-order chi connectivity index (χ1) is 7.81. The summed E-state index contributed by atoms with van der Waals surface area (Å²) in [5.41, 5.74) is 1.10. The van der Waals surface area contributed by atoms with E-state index in [1.54, 1.807) is 0 Å². The van der Waals surface area contributed by atoms with Gasteiger partial charge in [-0.05, 0) is 37.6 Å². The van der Waals surface area contributed by atoms with Crippen LogP contribution >= 0.6 is 0 Å². The third-order valence-corrected chi connectivity index (χ3v) is 2.42. The van der Waals surface area contributed by atoms with Gasteiger partial charge in [0.25, 0.3) is 0 Å². The van der Waals surface area contributed by atoms with E-state index in [9.17, 15) is 5.11 Å². The average molecular weight is 223 g/mol. The van der Waals surface area contributed by atoms with E-state index in [0.717, 1.165) is 24.3 Å². The summed E-state index contributed by atoms with van der Waals surface area (Å²) in [5.74, 6) is 0.874. The zero-order chi connectivity index (χ0) is 11.8. The highest BCUT2D eigenvalue weighted by Gasteiger charge is 2.08. The lowest BCUT2D eigenvalue weighted by molar-refractivity contribution is 0.244. The summed E-state index contributed by atoms with van der Waals surface area (Å²) in [6.45, 7) is 5.79. The first-order valence-electron chi connectivity index (χ1n) is 5.88. The highest BCUT2D eigenvalue weighted by molar-refractivity contribution is 5.29. The molecule has 2 N–H and O–H groups in total. The van der Waals surface area contributed by atoms with Crippen LogP contribution in [0.1, 0.15) is 31.9 Å². The smallest absolute Gasteiger partial charge is 0.119 e. The molecule has 0 saturated heterocycles. The standard InChI is InChI=1S/C13H21NO2/c1-3-9-14-13(10-15)11-5-7-12(8-6-11)16-4-2/h5-8,13-15H,3-4,9-10H2,1-2H3. The molecule has 1 atom stereocenters. The number of aliphatic hydroxyl groups excluding tert-OH is 1. The van der Waals surface area contributed by atoms with E-state index in [1.165, 1.54) is 0 Å². The van der Waals surface area contributed by atoms with Gasteiger partial charge in [-0.2, -0.15) is 0 Å². The van der Waals surface area contributed by atoms with Crippen molar-refractivity contribution in [2.75, 3.05) is 19.8 Å². The Bertz CT molecular complexity index is 284. The minimum atomic E-state index is 0.0237. The van der Waals surface area contributed by atoms with Gasteiger partial charge in [-0.25, -0.2) is 0 Å². The fourth-order valence-electron chi connectivity index (χ4n) is 1.57. The van der Waals surface area contributed by atoms with Crippen molar-refractivity contribution in [1.82, 2.24) is 5.32 Å². The molecular formula is C13H21NO2. The lowest BCUT2D eigenvalue weighted by Gasteiger charge is -2.16. The van der Waals surface area contributed by atoms with Gasteiger partial charge in [0.15, 0.2) is 0 Å². The van der Waals surface area contributed by atoms with Crippen LogP contribution in [0.15, 0.2) is 24.3 Å². The number of rotatable bonds is 7. The molecular weight excluding hydrogens is 202 g/mol. The van der Waals surface area contributed by atoms with Gasteiger partial charge in [-0.15, -0.1) is 0 Å². The van der Waals surface area contributed by atoms with Crippen molar-refractivity contribution in [2.24, 2.45) is 0 Å². The summed E-state index contributed by atoms with van der Waals surface area (Å²) in [5, 5.41) is 12.6. The van der Waals surface area contributed by atoms with Crippen molar-refractivity contribution in [2.45, 2.75) is 26.3 Å². The molecule has 3 nitrogen and oxygen atoms in total. The van der Waals surface area contributed by atoms with Crippen molar-refractivity contribution < 1.29 is 9.84 Å². The molecule has 0 aliphatic rings. The fourth-order valence-corrected chi connectivity index (χ4v) is 1.57. The molecule has 0 bridgehead atoms. The van der Waals surface area contributed by atoms with Crippen LogP contribution in [0.25, 0.3) is 0 Å². The molecule has 16 heavy (non-hydrogen) atoms. The molecule has 0 fully saturated rings. The Balaban J connectivity index is 2.62. The van der Waals surface area contributed by atoms with Gasteiger partial charge >= 0.3 is 0 Å². The molecule has 90 valence electrons. The van der Waals surface area contributed by atoms with Crippen LogP contribution in [0.3, 0.4) is 0 Å². The topological polar surface area (TPSA) is 41.5 Å². The van der Waals surface area contributed by atoms with Crippen LogP contribution in [-0.2, 0) is 0 Å². The van der Waals surface area contributed by atoms with E-state index in [0.29, 0.717) is 6.61 Å². The van der Waals surface area contributed by atoms with Crippen LogP contribution in [0, 0.1) is 0 Å². The van der Waals surface area contributed by atoms with Gasteiger partial charge in [-0.1, -0.05) is 19.1 Å². The number of aliphatic hydroxyl groups is 1. The molecule has 1 aromatic carbocycles. The van der Waals surface area contributed by atoms with Gasteiger partial charge in [0.1, 0.15) is 5.75 Å². The van der Waals surface area contributed by atoms with Crippen LogP contribution in [-0.4, -0.2) is 24.9 Å². The fraction of sp³-hybridized carbons (Fsp3) is 0.538. The van der Waals surface area contributed by atoms with Gasteiger partial charge in [0, 0.05) is 0 Å². The first kappa shape index (κ1) is 13.0. The van der Waals surface area contributed by atoms with Gasteiger partial charge in [0.05, 0.1) is 19.3 Å². The molecule has 0 aliphatic carbocycles. The lowest BCUT2D eigenvalue weighted by Crippen LogP contribution is -2.24. The predicted octanol–water partition coefficient (Wildman–Crippen LogP) is 2.12. The minimum Gasteiger partial charge on any atom is -0.494 e. The van der Waals surface area contributed by atoms with Crippen molar-refractivity contribution in [3.8, 4) is 5.75 Å². The molecule has 3 heteroatoms. The van der Waals surface area contributed by atoms with Crippen LogP contribution in [0.5, 0.6) is 5.75 Å². The monoisotopic (exact) mass is 223 g/mol. The molecule has 1 aromatic rings. The van der Waals surface area contributed by atoms with E-state index in [4.69, 9.17) is 4.74 Å². The summed E-state index contributed by atoms with van der Waals surface area (Å²) in [6.07, 6.45) is 1.06. The first-order valence-corrected chi connectivity index (χ1v) is 5.88. The normalized spacial score (nSPS) is 12.4. The summed E-state index contributed by atoms with van der Waals surface area (Å²) in [6, 6.07) is 7.89. The highest BCUT2D eigenvalue weighted by atomic mass is 16.5. The Morgan fingerprint density at radius 1 is 1.25 bits per heavy atom. The molecule has 0 heterocycles. The van der Waals surface area contributed by atoms with Crippen molar-refractivity contribution in [1.29, 1.82) is 0 Å². The second-order valence-electron chi connectivity index (χ2n) is 3.69. The molecule has 0 amide bonds. The van der Waals surface area contributed by atoms with Crippen LogP contribution < -0.4 is 10.1 Å². The molecule has 0 radical (unpaired) electrons. The Morgan fingerprint density at radius 2 is 1.94 bits per heavy atom. The summed E-state index contributed by atoms with van der Waals surface area (Å²) < 4.78 is 5.37. The maximum atomic E-state index is 9.29. The van der Waals surface area contributed by atoms with Crippen molar-refractivity contribution in [3.63, 3.8) is 0 Å². The summed E-state index contributed by atoms with van der Waals surface area (Å²) in [4.78, 5) is 0. The predicted molar refractivity (Wildman–Crippen MR) is 65.7 cm³/mol. The van der Waals surface area contributed by atoms with E-state index in [1.807, 2.05) is 31.2 Å². The Labute approximate surface area is 97.4 Å². The molecule has 0 saturated carbocycles. The van der Waals surface area contributed by atoms with E-state index in [-0.39, 0.29) is 12.6 Å². The third kappa shape index (κ3) is 3.83. The van der Waals surface area contributed by atoms with Crippen LogP contribution in [0.4, 0.5) is 0 Å². The molecule has 0 spiro atoms. The van der Waals surface area contributed by atoms with Gasteiger partial charge in [-0.3, -0.25) is 0 Å². The number of hydrogen-bond donors (Lipinski definition) is 2. The molecule has 1 rings (SSSR count). The van der Waals surface area contributed by atoms with Gasteiger partial charge in [0.2, 0.25) is 0 Å². The second-order valence-corrected chi connectivity index (χ2v) is 3.69. The third-order valence-electron chi connectivity index (χ3n) is 2.42. The number of hydrogen-bond acceptors (Lipinski definition) is 3. The summed E-state index contributed by atoms with van der Waals surface area (Å²) >= 11 is 0. The van der Waals surface area contributed by atoms with Crippen LogP contribution in [0.2, 0.25) is 0 Å². The minimum absolute atomic E-state index is 0.0237. The molecule has 0 aliphatic heterocycles. The average Bonchev–Trinajstić information content (AvgIpc) is 2.32. The molecule has 1 unspecified atom stereocenters. The Hall–Kier alpha value is -1.06. The number of ether oxygens (including phenoxy) is 1. The molecule has 0 aromatic heterocycles. The maximum absolute atomic E-state index is 9.29. The van der Waals surface area contributed by atoms with Crippen molar-refractivity contribution in [3.05, 3.63) is 29.8 Å². The zero-order valence-electron chi connectivity index (χ0n) is 10.1. The summed E-state index contributed by atoms with van der Waals surface area (Å²) in [7, 11) is 0. The number of nitrogens with one attached hydrogen (secondary N) is 1.